The monoisotopic (exact) mass is 316 g/mol. The molecular formula is C18H17ClO3. The van der Waals surface area contributed by atoms with Crippen LogP contribution in [0.25, 0.3) is 11.1 Å². The molecule has 22 heavy (non-hydrogen) atoms. The molecule has 2 aromatic rings. The number of aldehydes is 1. The van der Waals surface area contributed by atoms with Crippen LogP contribution in [0.5, 0.6) is 0 Å². The van der Waals surface area contributed by atoms with E-state index < -0.39 is 5.60 Å². The van der Waals surface area contributed by atoms with Gasteiger partial charge >= 0.3 is 5.97 Å². The summed E-state index contributed by atoms with van der Waals surface area (Å²) in [7, 11) is 0. The standard InChI is InChI=1S/C18H17ClO3/c1-18(2,3)22-17(21)13-6-4-12(5-7-13)16-10-15(19)9-8-14(16)11-20/h4-11H,1-3H3. The Labute approximate surface area is 134 Å². The first-order valence-electron chi connectivity index (χ1n) is 6.89. The number of esters is 1. The van der Waals surface area contributed by atoms with Gasteiger partial charge in [0.05, 0.1) is 5.56 Å². The van der Waals surface area contributed by atoms with Crippen molar-refractivity contribution in [3.05, 3.63) is 58.6 Å². The lowest BCUT2D eigenvalue weighted by molar-refractivity contribution is 0.00695. The molecule has 0 saturated carbocycles. The minimum Gasteiger partial charge on any atom is -0.456 e. The van der Waals surface area contributed by atoms with Crippen molar-refractivity contribution in [3.8, 4) is 11.1 Å². The topological polar surface area (TPSA) is 43.4 Å². The summed E-state index contributed by atoms with van der Waals surface area (Å²) in [4.78, 5) is 23.1. The van der Waals surface area contributed by atoms with Crippen molar-refractivity contribution in [1.29, 1.82) is 0 Å². The summed E-state index contributed by atoms with van der Waals surface area (Å²) in [5.74, 6) is -0.374. The average molecular weight is 317 g/mol. The molecule has 0 aromatic heterocycles. The Morgan fingerprint density at radius 3 is 2.27 bits per heavy atom. The molecule has 0 saturated heterocycles. The van der Waals surface area contributed by atoms with E-state index in [1.54, 1.807) is 42.5 Å². The summed E-state index contributed by atoms with van der Waals surface area (Å²) in [5, 5.41) is 0.553. The maximum atomic E-state index is 12.0. The van der Waals surface area contributed by atoms with Crippen molar-refractivity contribution >= 4 is 23.9 Å². The van der Waals surface area contributed by atoms with Crippen molar-refractivity contribution in [3.63, 3.8) is 0 Å². The van der Waals surface area contributed by atoms with Crippen LogP contribution in [0.4, 0.5) is 0 Å². The summed E-state index contributed by atoms with van der Waals surface area (Å²) < 4.78 is 5.32. The van der Waals surface area contributed by atoms with Gasteiger partial charge in [-0.05, 0) is 62.2 Å². The molecule has 0 atom stereocenters. The second-order valence-corrected chi connectivity index (χ2v) is 6.37. The second kappa shape index (κ2) is 6.32. The number of halogens is 1. The highest BCUT2D eigenvalue weighted by Crippen LogP contribution is 2.26. The van der Waals surface area contributed by atoms with Crippen molar-refractivity contribution in [2.75, 3.05) is 0 Å². The van der Waals surface area contributed by atoms with E-state index in [2.05, 4.69) is 0 Å². The molecule has 3 nitrogen and oxygen atoms in total. The van der Waals surface area contributed by atoms with Gasteiger partial charge in [-0.15, -0.1) is 0 Å². The molecule has 0 aliphatic rings. The fourth-order valence-corrected chi connectivity index (χ4v) is 2.18. The third-order valence-corrected chi connectivity index (χ3v) is 3.21. The summed E-state index contributed by atoms with van der Waals surface area (Å²) in [6, 6.07) is 12.0. The van der Waals surface area contributed by atoms with Gasteiger partial charge in [0.2, 0.25) is 0 Å². The Morgan fingerprint density at radius 2 is 1.73 bits per heavy atom. The third kappa shape index (κ3) is 3.95. The Morgan fingerprint density at radius 1 is 1.09 bits per heavy atom. The smallest absolute Gasteiger partial charge is 0.338 e. The Balaban J connectivity index is 2.32. The first kappa shape index (κ1) is 16.2. The highest BCUT2D eigenvalue weighted by atomic mass is 35.5. The normalized spacial score (nSPS) is 11.1. The van der Waals surface area contributed by atoms with Crippen molar-refractivity contribution in [2.24, 2.45) is 0 Å². The molecule has 0 heterocycles. The molecule has 2 aromatic carbocycles. The van der Waals surface area contributed by atoms with Crippen LogP contribution < -0.4 is 0 Å². The molecule has 2 rings (SSSR count). The van der Waals surface area contributed by atoms with E-state index in [9.17, 15) is 9.59 Å². The van der Waals surface area contributed by atoms with Crippen LogP contribution in [0, 0.1) is 0 Å². The number of rotatable bonds is 3. The SMILES string of the molecule is CC(C)(C)OC(=O)c1ccc(-c2cc(Cl)ccc2C=O)cc1. The maximum absolute atomic E-state index is 12.0. The highest BCUT2D eigenvalue weighted by Gasteiger charge is 2.17. The van der Waals surface area contributed by atoms with Gasteiger partial charge in [-0.3, -0.25) is 4.79 Å². The lowest BCUT2D eigenvalue weighted by Crippen LogP contribution is -2.23. The molecule has 4 heteroatoms. The minimum atomic E-state index is -0.534. The number of ether oxygens (including phenoxy) is 1. The molecule has 114 valence electrons. The molecule has 0 aliphatic heterocycles. The average Bonchev–Trinajstić information content (AvgIpc) is 2.45. The number of hydrogen-bond donors (Lipinski definition) is 0. The maximum Gasteiger partial charge on any atom is 0.338 e. The Kier molecular flexibility index (Phi) is 4.67. The fraction of sp³-hybridized carbons (Fsp3) is 0.222. The van der Waals surface area contributed by atoms with Crippen molar-refractivity contribution in [2.45, 2.75) is 26.4 Å². The summed E-state index contributed by atoms with van der Waals surface area (Å²) >= 11 is 5.99. The second-order valence-electron chi connectivity index (χ2n) is 5.93. The lowest BCUT2D eigenvalue weighted by Gasteiger charge is -2.19. The van der Waals surface area contributed by atoms with Gasteiger partial charge in [-0.1, -0.05) is 23.7 Å². The van der Waals surface area contributed by atoms with Crippen molar-refractivity contribution in [1.82, 2.24) is 0 Å². The van der Waals surface area contributed by atoms with Crippen LogP contribution in [0.2, 0.25) is 5.02 Å². The molecule has 0 N–H and O–H groups in total. The van der Waals surface area contributed by atoms with E-state index in [-0.39, 0.29) is 5.97 Å². The van der Waals surface area contributed by atoms with Crippen molar-refractivity contribution < 1.29 is 14.3 Å². The number of hydrogen-bond acceptors (Lipinski definition) is 3. The molecule has 0 fully saturated rings. The molecule has 0 radical (unpaired) electrons. The van der Waals surface area contributed by atoms with E-state index >= 15 is 0 Å². The number of carbonyl (C=O) groups excluding carboxylic acids is 2. The van der Waals surface area contributed by atoms with E-state index in [1.807, 2.05) is 20.8 Å². The Hall–Kier alpha value is -2.13. The predicted molar refractivity (Wildman–Crippen MR) is 87.4 cm³/mol. The van der Waals surface area contributed by atoms with Gasteiger partial charge in [0, 0.05) is 10.6 Å². The summed E-state index contributed by atoms with van der Waals surface area (Å²) in [6.45, 7) is 5.46. The van der Waals surface area contributed by atoms with E-state index in [0.717, 1.165) is 17.4 Å². The van der Waals surface area contributed by atoms with Crippen LogP contribution >= 0.6 is 11.6 Å². The molecular weight excluding hydrogens is 300 g/mol. The zero-order valence-corrected chi connectivity index (χ0v) is 13.5. The summed E-state index contributed by atoms with van der Waals surface area (Å²) in [6.07, 6.45) is 0.785. The van der Waals surface area contributed by atoms with Gasteiger partial charge in [-0.2, -0.15) is 0 Å². The fourth-order valence-electron chi connectivity index (χ4n) is 2.00. The van der Waals surface area contributed by atoms with Gasteiger partial charge in [-0.25, -0.2) is 4.79 Å². The molecule has 0 spiro atoms. The van der Waals surface area contributed by atoms with Crippen LogP contribution in [-0.2, 0) is 4.74 Å². The summed E-state index contributed by atoms with van der Waals surface area (Å²) in [5.41, 5.74) is 2.03. The zero-order chi connectivity index (χ0) is 16.3. The predicted octanol–water partition coefficient (Wildman–Crippen LogP) is 4.77. The molecule has 0 unspecified atom stereocenters. The third-order valence-electron chi connectivity index (χ3n) is 2.97. The van der Waals surface area contributed by atoms with Crippen LogP contribution in [0.15, 0.2) is 42.5 Å². The molecule has 0 bridgehead atoms. The lowest BCUT2D eigenvalue weighted by atomic mass is 9.99. The van der Waals surface area contributed by atoms with Gasteiger partial charge in [0.15, 0.2) is 6.29 Å². The zero-order valence-electron chi connectivity index (χ0n) is 12.7. The van der Waals surface area contributed by atoms with E-state index in [1.165, 1.54) is 0 Å². The first-order chi connectivity index (χ1) is 10.3. The molecule has 0 aliphatic carbocycles. The van der Waals surface area contributed by atoms with Crippen LogP contribution in [0.1, 0.15) is 41.5 Å². The number of benzene rings is 2. The quantitative estimate of drug-likeness (QED) is 0.605. The van der Waals surface area contributed by atoms with E-state index in [4.69, 9.17) is 16.3 Å². The largest absolute Gasteiger partial charge is 0.456 e. The molecule has 0 amide bonds. The van der Waals surface area contributed by atoms with Gasteiger partial charge < -0.3 is 4.74 Å². The highest BCUT2D eigenvalue weighted by molar-refractivity contribution is 6.31. The minimum absolute atomic E-state index is 0.374. The van der Waals surface area contributed by atoms with Gasteiger partial charge in [0.25, 0.3) is 0 Å². The van der Waals surface area contributed by atoms with Gasteiger partial charge in [0.1, 0.15) is 5.60 Å². The number of carbonyl (C=O) groups is 2. The van der Waals surface area contributed by atoms with Crippen LogP contribution in [0.3, 0.4) is 0 Å². The Bertz CT molecular complexity index is 697. The van der Waals surface area contributed by atoms with Crippen LogP contribution in [-0.4, -0.2) is 17.9 Å². The van der Waals surface area contributed by atoms with E-state index in [0.29, 0.717) is 16.1 Å². The first-order valence-corrected chi connectivity index (χ1v) is 7.26.